The molecule has 0 spiro atoms. The molecule has 0 bridgehead atoms. The van der Waals surface area contributed by atoms with E-state index < -0.39 is 0 Å². The lowest BCUT2D eigenvalue weighted by molar-refractivity contribution is 1.63. The summed E-state index contributed by atoms with van der Waals surface area (Å²) < 4.78 is 1.17. The van der Waals surface area contributed by atoms with Crippen molar-refractivity contribution in [3.8, 4) is 0 Å². The minimum absolute atomic E-state index is 1.17. The van der Waals surface area contributed by atoms with Gasteiger partial charge in [-0.05, 0) is 40.7 Å². The smallest absolute Gasteiger partial charge is 0.0759 e. The fourth-order valence-electron chi connectivity index (χ4n) is 0.454. The molecule has 0 nitrogen and oxygen atoms in total. The molecule has 3 heteroatoms. The van der Waals surface area contributed by atoms with E-state index in [2.05, 4.69) is 13.0 Å². The van der Waals surface area contributed by atoms with E-state index in [-0.39, 0.29) is 0 Å². The van der Waals surface area contributed by atoms with E-state index in [1.807, 2.05) is 6.07 Å². The second-order valence-corrected chi connectivity index (χ2v) is 4.05. The highest BCUT2D eigenvalue weighted by Gasteiger charge is 1.91. The Morgan fingerprint density at radius 1 is 1.62 bits per heavy atom. The molecule has 1 rings (SSSR count). The number of aryl methyl sites for hydroxylation is 1. The van der Waals surface area contributed by atoms with Crippen LogP contribution in [0.4, 0.5) is 0 Å². The van der Waals surface area contributed by atoms with Crippen molar-refractivity contribution in [2.24, 2.45) is 0 Å². The Hall–Kier alpha value is 0.340. The molecule has 1 heterocycles. The highest BCUT2D eigenvalue weighted by molar-refractivity contribution is 8.22. The lowest BCUT2D eigenvalue weighted by atomic mass is 10.5. The summed E-state index contributed by atoms with van der Waals surface area (Å²) in [4.78, 5) is 1.31. The lowest BCUT2D eigenvalue weighted by Crippen LogP contribution is -1.43. The quantitative estimate of drug-likeness (QED) is 0.614. The van der Waals surface area contributed by atoms with E-state index in [1.165, 1.54) is 20.1 Å². The molecule has 1 aromatic heterocycles. The molecule has 0 aliphatic heterocycles. The molecule has 8 heavy (non-hydrogen) atoms. The molecule has 0 amide bonds. The molecule has 0 fully saturated rings. The van der Waals surface area contributed by atoms with Crippen LogP contribution in [0.25, 0.3) is 0 Å². The van der Waals surface area contributed by atoms with Crippen LogP contribution < -0.4 is 0 Å². The second-order valence-electron chi connectivity index (χ2n) is 1.44. The van der Waals surface area contributed by atoms with Gasteiger partial charge in [0.25, 0.3) is 0 Å². The Labute approximate surface area is 61.4 Å². The van der Waals surface area contributed by atoms with Gasteiger partial charge < -0.3 is 0 Å². The number of rotatable bonds is 1. The van der Waals surface area contributed by atoms with Crippen LogP contribution in [0.5, 0.6) is 0 Å². The predicted octanol–water partition coefficient (Wildman–Crippen LogP) is 3.30. The standard InChI is InChI=1S/C5H5ClS2/c1-4-2-3-5(7-4)8-6/h2-3H,1H3. The van der Waals surface area contributed by atoms with Crippen LogP contribution in [0.3, 0.4) is 0 Å². The Kier molecular flexibility index (Phi) is 2.23. The van der Waals surface area contributed by atoms with Gasteiger partial charge in [-0.15, -0.1) is 11.3 Å². The van der Waals surface area contributed by atoms with E-state index in [4.69, 9.17) is 10.7 Å². The first-order valence-electron chi connectivity index (χ1n) is 2.18. The maximum atomic E-state index is 5.47. The monoisotopic (exact) mass is 164 g/mol. The SMILES string of the molecule is Cc1ccc(SCl)s1. The second kappa shape index (κ2) is 2.76. The third-order valence-corrected chi connectivity index (χ3v) is 3.15. The molecular formula is C5H5ClS2. The molecule has 0 unspecified atom stereocenters. The van der Waals surface area contributed by atoms with Gasteiger partial charge >= 0.3 is 0 Å². The summed E-state index contributed by atoms with van der Waals surface area (Å²) in [6.45, 7) is 2.07. The highest BCUT2D eigenvalue weighted by atomic mass is 35.7. The molecule has 0 N–H and O–H groups in total. The first kappa shape index (κ1) is 6.46. The van der Waals surface area contributed by atoms with Crippen molar-refractivity contribution in [1.82, 2.24) is 0 Å². The average Bonchev–Trinajstić information content (AvgIpc) is 2.14. The molecule has 44 valence electrons. The molecule has 1 aromatic rings. The molecular weight excluding hydrogens is 160 g/mol. The van der Waals surface area contributed by atoms with Crippen molar-refractivity contribution in [3.05, 3.63) is 17.0 Å². The van der Waals surface area contributed by atoms with Crippen molar-refractivity contribution in [3.63, 3.8) is 0 Å². The molecule has 0 radical (unpaired) electrons. The highest BCUT2D eigenvalue weighted by Crippen LogP contribution is 2.28. The topological polar surface area (TPSA) is 0 Å². The van der Waals surface area contributed by atoms with Crippen LogP contribution in [0.1, 0.15) is 4.88 Å². The zero-order chi connectivity index (χ0) is 5.98. The first-order valence-corrected chi connectivity index (χ1v) is 4.64. The third-order valence-electron chi connectivity index (χ3n) is 0.792. The minimum Gasteiger partial charge on any atom is -0.133 e. The Morgan fingerprint density at radius 2 is 2.38 bits per heavy atom. The largest absolute Gasteiger partial charge is 0.133 e. The van der Waals surface area contributed by atoms with E-state index in [9.17, 15) is 0 Å². The minimum atomic E-state index is 1.17. The lowest BCUT2D eigenvalue weighted by Gasteiger charge is -1.77. The van der Waals surface area contributed by atoms with Gasteiger partial charge in [0.05, 0.1) is 4.21 Å². The zero-order valence-corrected chi connectivity index (χ0v) is 6.74. The van der Waals surface area contributed by atoms with Crippen molar-refractivity contribution >= 4 is 33.0 Å². The summed E-state index contributed by atoms with van der Waals surface area (Å²) in [5.41, 5.74) is 0. The predicted molar refractivity (Wildman–Crippen MR) is 40.8 cm³/mol. The molecule has 0 aliphatic rings. The van der Waals surface area contributed by atoms with Crippen LogP contribution in [0.2, 0.25) is 0 Å². The van der Waals surface area contributed by atoms with Gasteiger partial charge in [-0.1, -0.05) is 0 Å². The number of thiophene rings is 1. The van der Waals surface area contributed by atoms with Crippen molar-refractivity contribution < 1.29 is 0 Å². The summed E-state index contributed by atoms with van der Waals surface area (Å²) in [5.74, 6) is 0. The zero-order valence-electron chi connectivity index (χ0n) is 4.35. The van der Waals surface area contributed by atoms with E-state index in [0.29, 0.717) is 0 Å². The van der Waals surface area contributed by atoms with Gasteiger partial charge in [0, 0.05) is 4.88 Å². The summed E-state index contributed by atoms with van der Waals surface area (Å²) in [6, 6.07) is 4.09. The van der Waals surface area contributed by atoms with Crippen LogP contribution in [-0.2, 0) is 0 Å². The summed E-state index contributed by atoms with van der Waals surface area (Å²) in [6.07, 6.45) is 0. The maximum absolute atomic E-state index is 5.47. The van der Waals surface area contributed by atoms with E-state index >= 15 is 0 Å². The summed E-state index contributed by atoms with van der Waals surface area (Å²) >= 11 is 1.72. The summed E-state index contributed by atoms with van der Waals surface area (Å²) in [7, 11) is 6.75. The van der Waals surface area contributed by atoms with Gasteiger partial charge in [-0.3, -0.25) is 0 Å². The molecule has 0 aliphatic carbocycles. The number of hydrogen-bond acceptors (Lipinski definition) is 2. The van der Waals surface area contributed by atoms with Gasteiger partial charge in [0.1, 0.15) is 0 Å². The number of hydrogen-bond donors (Lipinski definition) is 0. The van der Waals surface area contributed by atoms with E-state index in [0.717, 1.165) is 0 Å². The molecule has 0 saturated carbocycles. The van der Waals surface area contributed by atoms with Gasteiger partial charge in [0.2, 0.25) is 0 Å². The molecule has 0 atom stereocenters. The molecule has 0 saturated heterocycles. The van der Waals surface area contributed by atoms with Crippen molar-refractivity contribution in [1.29, 1.82) is 0 Å². The summed E-state index contributed by atoms with van der Waals surface area (Å²) in [5, 5.41) is 0. The van der Waals surface area contributed by atoms with Gasteiger partial charge in [-0.25, -0.2) is 0 Å². The fraction of sp³-hybridized carbons (Fsp3) is 0.200. The molecule has 0 aromatic carbocycles. The van der Waals surface area contributed by atoms with E-state index in [1.54, 1.807) is 11.3 Å². The van der Waals surface area contributed by atoms with Crippen molar-refractivity contribution in [2.45, 2.75) is 11.1 Å². The fourth-order valence-corrected chi connectivity index (χ4v) is 2.12. The van der Waals surface area contributed by atoms with Crippen LogP contribution in [0, 0.1) is 6.92 Å². The average molecular weight is 165 g/mol. The van der Waals surface area contributed by atoms with Gasteiger partial charge in [0.15, 0.2) is 0 Å². The van der Waals surface area contributed by atoms with Crippen LogP contribution >= 0.6 is 33.0 Å². The normalized spacial score (nSPS) is 9.75. The Balaban J connectivity index is 2.84. The van der Waals surface area contributed by atoms with Crippen LogP contribution in [-0.4, -0.2) is 0 Å². The first-order chi connectivity index (χ1) is 3.83. The van der Waals surface area contributed by atoms with Gasteiger partial charge in [-0.2, -0.15) is 0 Å². The Morgan fingerprint density at radius 3 is 2.62 bits per heavy atom. The number of halogens is 1. The van der Waals surface area contributed by atoms with Crippen molar-refractivity contribution in [2.75, 3.05) is 0 Å². The Bertz CT molecular complexity index is 171. The third kappa shape index (κ3) is 1.41. The van der Waals surface area contributed by atoms with Crippen LogP contribution in [0.15, 0.2) is 16.3 Å². The maximum Gasteiger partial charge on any atom is 0.0759 e.